The van der Waals surface area contributed by atoms with E-state index < -0.39 is 0 Å². The van der Waals surface area contributed by atoms with Crippen LogP contribution in [-0.2, 0) is 23.5 Å². The smallest absolute Gasteiger partial charge is 0.255 e. The average molecular weight is 1290 g/mol. The van der Waals surface area contributed by atoms with Gasteiger partial charge >= 0.3 is 0 Å². The van der Waals surface area contributed by atoms with Gasteiger partial charge in [0.05, 0.1) is 22.8 Å². The molecule has 11 aromatic rings. The molecule has 13 rings (SSSR count). The lowest BCUT2D eigenvalue weighted by atomic mass is 10.0. The second-order valence-electron chi connectivity index (χ2n) is 21.8. The molecule has 4 amide bonds. The van der Waals surface area contributed by atoms with E-state index in [9.17, 15) is 19.2 Å². The van der Waals surface area contributed by atoms with Crippen LogP contribution in [-0.4, -0.2) is 43.6 Å². The van der Waals surface area contributed by atoms with Crippen LogP contribution in [0.15, 0.2) is 218 Å². The minimum atomic E-state index is -0.340. The Morgan fingerprint density at radius 1 is 0.293 bits per heavy atom. The van der Waals surface area contributed by atoms with Crippen LogP contribution in [0, 0.1) is 0 Å². The van der Waals surface area contributed by atoms with Gasteiger partial charge in [-0.1, -0.05) is 121 Å². The van der Waals surface area contributed by atoms with Crippen molar-refractivity contribution >= 4 is 139 Å². The summed E-state index contributed by atoms with van der Waals surface area (Å²) in [6.07, 6.45) is 7.75. The van der Waals surface area contributed by atoms with E-state index in [0.29, 0.717) is 134 Å². The number of nitrogens with one attached hydrogen (secondary N) is 6. The number of carbonyl (C=O) groups excluding carboxylic acids is 4. The quantitative estimate of drug-likeness (QED) is 0.0525. The number of halogens is 4. The third-order valence-electron chi connectivity index (χ3n) is 15.9. The van der Waals surface area contributed by atoms with Crippen molar-refractivity contribution in [3.05, 3.63) is 286 Å². The Hall–Kier alpha value is -10.6. The van der Waals surface area contributed by atoms with Crippen molar-refractivity contribution in [2.75, 3.05) is 21.3 Å². The molecule has 0 unspecified atom stereocenters. The van der Waals surface area contributed by atoms with Crippen LogP contribution in [0.25, 0.3) is 90.9 Å². The van der Waals surface area contributed by atoms with Crippen molar-refractivity contribution in [3.63, 3.8) is 0 Å². The lowest BCUT2D eigenvalue weighted by Crippen LogP contribution is -2.13. The number of hydrogen-bond donors (Lipinski definition) is 6. The maximum Gasteiger partial charge on any atom is 0.255 e. The number of benzene rings is 8. The number of nitrogens with zero attached hydrogens (tertiary/aromatic N) is 2. The Morgan fingerprint density at radius 2 is 0.522 bits per heavy atom. The summed E-state index contributed by atoms with van der Waals surface area (Å²) in [4.78, 5) is 76.1. The van der Waals surface area contributed by atoms with Crippen LogP contribution < -0.4 is 21.3 Å². The summed E-state index contributed by atoms with van der Waals surface area (Å²) in [6, 6.07) is 66.8. The SMILES string of the molecule is O=C(Nc1ccccc1-c1c2nc(c(-c3ccccc3NC(=O)c3cccc(CCl)c3)c3ccc([nH]3)c(-c3ccccc3NC(=O)c3cccc(CCl)c3)c3nc(c(-c4ccccc4NC(=O)c4cccc(CCl)c4)c4ccc1[nH]4)C=C3)C=C2)c1cccc(CCl)c1. The molecule has 2 aliphatic heterocycles. The predicted molar refractivity (Wildman–Crippen MR) is 376 cm³/mol. The molecule has 0 fully saturated rings. The molecule has 12 nitrogen and oxygen atoms in total. The molecule has 92 heavy (non-hydrogen) atoms. The minimum Gasteiger partial charge on any atom is -0.354 e. The van der Waals surface area contributed by atoms with E-state index in [1.807, 2.05) is 170 Å². The molecule has 16 heteroatoms. The molecule has 2 aliphatic rings. The zero-order chi connectivity index (χ0) is 63.2. The number of para-hydroxylation sites is 4. The summed E-state index contributed by atoms with van der Waals surface area (Å²) in [6.45, 7) is 0. The van der Waals surface area contributed by atoms with Crippen LogP contribution in [0.2, 0.25) is 0 Å². The Kier molecular flexibility index (Phi) is 17.6. The summed E-state index contributed by atoms with van der Waals surface area (Å²) in [5, 5.41) is 12.8. The highest BCUT2D eigenvalue weighted by Gasteiger charge is 2.25. The maximum absolute atomic E-state index is 14.3. The number of rotatable bonds is 16. The van der Waals surface area contributed by atoms with Gasteiger partial charge in [0.15, 0.2) is 0 Å². The normalized spacial score (nSPS) is 11.5. The van der Waals surface area contributed by atoms with Gasteiger partial charge in [-0.15, -0.1) is 46.4 Å². The number of anilines is 4. The number of H-pyrrole nitrogens is 2. The highest BCUT2D eigenvalue weighted by molar-refractivity contribution is 6.19. The van der Waals surface area contributed by atoms with Crippen molar-refractivity contribution in [2.45, 2.75) is 23.5 Å². The summed E-state index contributed by atoms with van der Waals surface area (Å²) < 4.78 is 0. The summed E-state index contributed by atoms with van der Waals surface area (Å²) in [5.74, 6) is -0.429. The van der Waals surface area contributed by atoms with E-state index in [4.69, 9.17) is 56.4 Å². The third-order valence-corrected chi connectivity index (χ3v) is 17.1. The van der Waals surface area contributed by atoms with E-state index in [1.54, 1.807) is 72.8 Å². The Labute approximate surface area is 549 Å². The fourth-order valence-electron chi connectivity index (χ4n) is 11.5. The van der Waals surface area contributed by atoms with E-state index in [1.165, 1.54) is 0 Å². The third kappa shape index (κ3) is 12.5. The van der Waals surface area contributed by atoms with E-state index in [-0.39, 0.29) is 47.1 Å². The average Bonchev–Trinajstić information content (AvgIpc) is 1.60. The van der Waals surface area contributed by atoms with Gasteiger partial charge in [-0.3, -0.25) is 19.2 Å². The molecule has 0 spiro atoms. The van der Waals surface area contributed by atoms with Crippen molar-refractivity contribution in [3.8, 4) is 44.5 Å². The number of carbonyl (C=O) groups is 4. The molecule has 6 N–H and O–H groups in total. The first-order valence-electron chi connectivity index (χ1n) is 29.4. The zero-order valence-electron chi connectivity index (χ0n) is 49.0. The van der Waals surface area contributed by atoms with Gasteiger partial charge in [0.2, 0.25) is 0 Å². The van der Waals surface area contributed by atoms with Crippen LogP contribution >= 0.6 is 46.4 Å². The maximum atomic E-state index is 14.3. The highest BCUT2D eigenvalue weighted by Crippen LogP contribution is 2.43. The van der Waals surface area contributed by atoms with Gasteiger partial charge in [-0.05, 0) is 144 Å². The number of aromatic amines is 2. The second-order valence-corrected chi connectivity index (χ2v) is 22.9. The molecule has 0 saturated heterocycles. The number of fused-ring (bicyclic) bond motifs is 8. The molecule has 450 valence electrons. The fourth-order valence-corrected chi connectivity index (χ4v) is 12.2. The topological polar surface area (TPSA) is 174 Å². The van der Waals surface area contributed by atoms with Gasteiger partial charge in [0.25, 0.3) is 23.6 Å². The van der Waals surface area contributed by atoms with Gasteiger partial charge < -0.3 is 31.2 Å². The Balaban J connectivity index is 1.11. The molecule has 3 aromatic heterocycles. The number of hydrogen-bond acceptors (Lipinski definition) is 6. The Morgan fingerprint density at radius 3 is 0.750 bits per heavy atom. The van der Waals surface area contributed by atoms with Crippen LogP contribution in [0.3, 0.4) is 0 Å². The van der Waals surface area contributed by atoms with Gasteiger partial charge in [-0.2, -0.15) is 0 Å². The lowest BCUT2D eigenvalue weighted by molar-refractivity contribution is 0.101. The van der Waals surface area contributed by atoms with Crippen LogP contribution in [0.1, 0.15) is 86.5 Å². The second kappa shape index (κ2) is 26.8. The molecular weight excluding hydrogens is 1230 g/mol. The van der Waals surface area contributed by atoms with Gasteiger partial charge in [0, 0.05) is 135 Å². The number of amides is 4. The molecule has 8 bridgehead atoms. The fraction of sp³-hybridized carbons (Fsp3) is 0.0526. The molecule has 8 aromatic carbocycles. The van der Waals surface area contributed by atoms with Gasteiger partial charge in [-0.25, -0.2) is 9.97 Å². The predicted octanol–water partition coefficient (Wildman–Crippen LogP) is 19.3. The minimum absolute atomic E-state index is 0.233. The summed E-state index contributed by atoms with van der Waals surface area (Å²) in [5.41, 5.74) is 16.6. The van der Waals surface area contributed by atoms with E-state index >= 15 is 0 Å². The molecular formula is C76H54Cl4N8O4. The molecule has 0 radical (unpaired) electrons. The zero-order valence-corrected chi connectivity index (χ0v) is 52.0. The largest absolute Gasteiger partial charge is 0.354 e. The molecule has 5 heterocycles. The first-order chi connectivity index (χ1) is 45.0. The van der Waals surface area contributed by atoms with Crippen molar-refractivity contribution in [1.82, 2.24) is 19.9 Å². The lowest BCUT2D eigenvalue weighted by Gasteiger charge is -2.14. The molecule has 0 aliphatic carbocycles. The van der Waals surface area contributed by atoms with Crippen LogP contribution in [0.5, 0.6) is 0 Å². The van der Waals surface area contributed by atoms with Gasteiger partial charge in [0.1, 0.15) is 0 Å². The van der Waals surface area contributed by atoms with Crippen molar-refractivity contribution < 1.29 is 19.2 Å². The summed E-state index contributed by atoms with van der Waals surface area (Å²) >= 11 is 25.0. The van der Waals surface area contributed by atoms with Crippen molar-refractivity contribution in [2.24, 2.45) is 0 Å². The molecule has 0 atom stereocenters. The standard InChI is InChI=1S/C76H54Cl4N8O4/c77-41-45-13-9-17-49(37-45)73(89)85-57-25-5-1-21-53(57)69-61-29-31-63(81-61)70(54-22-2-6-26-58(54)86-74(90)50-18-10-14-46(38-50)42-78)65-33-35-67(83-65)72(56-24-4-8-28-60(56)88-76(92)52-20-12-16-48(40-52)44-80)68-36-34-66(84-68)71(64-32-30-62(69)82-64)55-23-3-7-27-59(55)87-75(91)51-19-11-15-47(39-51)43-79/h1-40,81,84H,41-44H2,(H,85,89)(H,86,90)(H,87,91)(H,88,92). The van der Waals surface area contributed by atoms with E-state index in [0.717, 1.165) is 22.3 Å². The highest BCUT2D eigenvalue weighted by atomic mass is 35.5. The van der Waals surface area contributed by atoms with E-state index in [2.05, 4.69) is 31.2 Å². The monoisotopic (exact) mass is 1280 g/mol. The number of aromatic nitrogens is 4. The first kappa shape index (κ1) is 60.3. The Bertz CT molecular complexity index is 4400. The first-order valence-corrected chi connectivity index (χ1v) is 31.6. The summed E-state index contributed by atoms with van der Waals surface area (Å²) in [7, 11) is 0. The number of alkyl halides is 4. The van der Waals surface area contributed by atoms with Crippen molar-refractivity contribution in [1.29, 1.82) is 0 Å². The molecule has 0 saturated carbocycles. The van der Waals surface area contributed by atoms with Crippen LogP contribution in [0.4, 0.5) is 22.7 Å².